The monoisotopic (exact) mass is 504 g/mol. The first-order valence-electron chi connectivity index (χ1n) is 11.1. The maximum atomic E-state index is 12.8. The number of esters is 1. The maximum Gasteiger partial charge on any atom is 0.341 e. The summed E-state index contributed by atoms with van der Waals surface area (Å²) in [5, 5.41) is 15.1. The van der Waals surface area contributed by atoms with Crippen molar-refractivity contribution in [1.29, 1.82) is 0 Å². The summed E-state index contributed by atoms with van der Waals surface area (Å²) in [7, 11) is 1.38. The molecule has 33 heavy (non-hydrogen) atoms. The zero-order valence-electron chi connectivity index (χ0n) is 19.3. The molecule has 10 heteroatoms. The lowest BCUT2D eigenvalue weighted by atomic mass is 9.88. The number of hydrogen-bond acceptors (Lipinski definition) is 8. The predicted octanol–water partition coefficient (Wildman–Crippen LogP) is 5.29. The van der Waals surface area contributed by atoms with E-state index in [-0.39, 0.29) is 17.6 Å². The number of thiophene rings is 2. The van der Waals surface area contributed by atoms with Crippen LogP contribution in [0.15, 0.2) is 16.6 Å². The minimum absolute atomic E-state index is 0.173. The molecule has 4 rings (SSSR count). The van der Waals surface area contributed by atoms with Crippen molar-refractivity contribution in [2.45, 2.75) is 58.2 Å². The summed E-state index contributed by atoms with van der Waals surface area (Å²) < 4.78 is 7.05. The first kappa shape index (κ1) is 24.0. The van der Waals surface area contributed by atoms with Crippen molar-refractivity contribution in [3.63, 3.8) is 0 Å². The standard InChI is InChI=1S/C23H28N4O3S3/c1-5-15-10-14(11-31-15)20-25-26-23(27(20)6-2)32-12-18(28)24-21-19(22(29)30-4)16-8-7-13(3)9-17(16)33-21/h10-11,13H,5-9,12H2,1-4H3,(H,24,28). The Morgan fingerprint density at radius 2 is 2.15 bits per heavy atom. The number of nitrogens with zero attached hydrogens (tertiary/aromatic N) is 3. The molecule has 0 saturated heterocycles. The van der Waals surface area contributed by atoms with Gasteiger partial charge in [0, 0.05) is 27.2 Å². The number of carbonyl (C=O) groups excluding carboxylic acids is 2. The zero-order chi connectivity index (χ0) is 23.5. The molecule has 0 aromatic carbocycles. The third kappa shape index (κ3) is 5.02. The topological polar surface area (TPSA) is 86.1 Å². The molecule has 3 heterocycles. The molecule has 0 fully saturated rings. The Morgan fingerprint density at radius 1 is 1.33 bits per heavy atom. The number of aryl methyl sites for hydroxylation is 1. The van der Waals surface area contributed by atoms with E-state index in [2.05, 4.69) is 40.8 Å². The van der Waals surface area contributed by atoms with Gasteiger partial charge in [-0.25, -0.2) is 4.79 Å². The number of anilines is 1. The molecule has 1 unspecified atom stereocenters. The smallest absolute Gasteiger partial charge is 0.341 e. The molecule has 1 N–H and O–H groups in total. The summed E-state index contributed by atoms with van der Waals surface area (Å²) in [5.74, 6) is 1.02. The highest BCUT2D eigenvalue weighted by atomic mass is 32.2. The Balaban J connectivity index is 1.48. The number of methoxy groups -OCH3 is 1. The van der Waals surface area contributed by atoms with E-state index in [1.807, 2.05) is 11.5 Å². The van der Waals surface area contributed by atoms with Crippen LogP contribution in [0.5, 0.6) is 0 Å². The number of fused-ring (bicyclic) bond motifs is 1. The molecule has 1 aliphatic carbocycles. The normalized spacial score (nSPS) is 15.3. The number of aromatic nitrogens is 3. The highest BCUT2D eigenvalue weighted by Crippen LogP contribution is 2.40. The van der Waals surface area contributed by atoms with E-state index in [1.165, 1.54) is 40.0 Å². The highest BCUT2D eigenvalue weighted by molar-refractivity contribution is 7.99. The Bertz CT molecular complexity index is 1160. The molecule has 1 amide bonds. The van der Waals surface area contributed by atoms with Crippen molar-refractivity contribution in [3.05, 3.63) is 32.3 Å². The summed E-state index contributed by atoms with van der Waals surface area (Å²) in [6.07, 6.45) is 3.80. The molecular weight excluding hydrogens is 476 g/mol. The van der Waals surface area contributed by atoms with Crippen molar-refractivity contribution in [2.75, 3.05) is 18.2 Å². The van der Waals surface area contributed by atoms with Crippen molar-refractivity contribution in [2.24, 2.45) is 5.92 Å². The van der Waals surface area contributed by atoms with Crippen LogP contribution in [-0.2, 0) is 35.3 Å². The molecule has 0 aliphatic heterocycles. The number of rotatable bonds is 8. The summed E-state index contributed by atoms with van der Waals surface area (Å²) in [6.45, 7) is 7.11. The van der Waals surface area contributed by atoms with Crippen LogP contribution in [-0.4, -0.2) is 39.5 Å². The second-order valence-electron chi connectivity index (χ2n) is 8.09. The van der Waals surface area contributed by atoms with Gasteiger partial charge in [0.15, 0.2) is 11.0 Å². The van der Waals surface area contributed by atoms with Crippen molar-refractivity contribution < 1.29 is 14.3 Å². The van der Waals surface area contributed by atoms with E-state index >= 15 is 0 Å². The van der Waals surface area contributed by atoms with E-state index < -0.39 is 0 Å². The lowest BCUT2D eigenvalue weighted by molar-refractivity contribution is -0.113. The number of thioether (sulfide) groups is 1. The number of amides is 1. The molecule has 7 nitrogen and oxygen atoms in total. The van der Waals surface area contributed by atoms with Gasteiger partial charge in [0.2, 0.25) is 5.91 Å². The van der Waals surface area contributed by atoms with E-state index in [0.29, 0.717) is 28.2 Å². The Morgan fingerprint density at radius 3 is 2.85 bits per heavy atom. The van der Waals surface area contributed by atoms with Gasteiger partial charge >= 0.3 is 5.97 Å². The quantitative estimate of drug-likeness (QED) is 0.331. The molecule has 176 valence electrons. The Kier molecular flexibility index (Phi) is 7.55. The van der Waals surface area contributed by atoms with E-state index in [1.54, 1.807) is 11.3 Å². The lowest BCUT2D eigenvalue weighted by Crippen LogP contribution is -2.17. The van der Waals surface area contributed by atoms with Gasteiger partial charge in [-0.05, 0) is 50.2 Å². The molecule has 0 radical (unpaired) electrons. The van der Waals surface area contributed by atoms with Crippen molar-refractivity contribution >= 4 is 51.3 Å². The third-order valence-corrected chi connectivity index (χ3v) is 9.00. The van der Waals surface area contributed by atoms with Crippen LogP contribution in [0.1, 0.15) is 52.9 Å². The van der Waals surface area contributed by atoms with E-state index in [4.69, 9.17) is 4.74 Å². The predicted molar refractivity (Wildman–Crippen MR) is 135 cm³/mol. The molecular formula is C23H28N4O3S3. The van der Waals surface area contributed by atoms with Crippen LogP contribution in [0.4, 0.5) is 5.00 Å². The third-order valence-electron chi connectivity index (χ3n) is 5.78. The summed E-state index contributed by atoms with van der Waals surface area (Å²) in [4.78, 5) is 27.8. The van der Waals surface area contributed by atoms with Crippen LogP contribution in [0.25, 0.3) is 11.4 Å². The maximum absolute atomic E-state index is 12.8. The minimum atomic E-state index is -0.386. The SMILES string of the molecule is CCc1cc(-c2nnc(SCC(=O)Nc3sc4c(c3C(=O)OC)CCC(C)C4)n2CC)cs1. The summed E-state index contributed by atoms with van der Waals surface area (Å²) in [6, 6.07) is 2.15. The largest absolute Gasteiger partial charge is 0.465 e. The second kappa shape index (κ2) is 10.4. The Hall–Kier alpha value is -2.17. The van der Waals surface area contributed by atoms with Crippen LogP contribution in [0, 0.1) is 5.92 Å². The Labute approximate surface area is 206 Å². The highest BCUT2D eigenvalue weighted by Gasteiger charge is 2.29. The van der Waals surface area contributed by atoms with E-state index in [0.717, 1.165) is 42.6 Å². The number of ether oxygens (including phenoxy) is 1. The molecule has 1 atom stereocenters. The van der Waals surface area contributed by atoms with Gasteiger partial charge in [0.05, 0.1) is 18.4 Å². The van der Waals surface area contributed by atoms with E-state index in [9.17, 15) is 9.59 Å². The van der Waals surface area contributed by atoms with Gasteiger partial charge in [-0.15, -0.1) is 32.9 Å². The van der Waals surface area contributed by atoms with Gasteiger partial charge in [-0.1, -0.05) is 25.6 Å². The number of hydrogen-bond donors (Lipinski definition) is 1. The summed E-state index contributed by atoms with van der Waals surface area (Å²) in [5.41, 5.74) is 2.61. The van der Waals surface area contributed by atoms with Gasteiger partial charge in [0.25, 0.3) is 0 Å². The first-order chi connectivity index (χ1) is 15.9. The van der Waals surface area contributed by atoms with Crippen LogP contribution < -0.4 is 5.32 Å². The lowest BCUT2D eigenvalue weighted by Gasteiger charge is -2.18. The fourth-order valence-corrected chi connectivity index (χ4v) is 7.06. The fourth-order valence-electron chi connectivity index (χ4n) is 4.03. The molecule has 0 bridgehead atoms. The van der Waals surface area contributed by atoms with Crippen molar-refractivity contribution in [1.82, 2.24) is 14.8 Å². The molecule has 3 aromatic heterocycles. The van der Waals surface area contributed by atoms with Crippen LogP contribution in [0.3, 0.4) is 0 Å². The minimum Gasteiger partial charge on any atom is -0.465 e. The average molecular weight is 505 g/mol. The van der Waals surface area contributed by atoms with Gasteiger partial charge in [-0.2, -0.15) is 0 Å². The van der Waals surface area contributed by atoms with Gasteiger partial charge in [0.1, 0.15) is 5.00 Å². The fraction of sp³-hybridized carbons (Fsp3) is 0.478. The average Bonchev–Trinajstić information content (AvgIpc) is 3.52. The molecule has 1 aliphatic rings. The molecule has 3 aromatic rings. The van der Waals surface area contributed by atoms with Crippen LogP contribution >= 0.6 is 34.4 Å². The first-order valence-corrected chi connectivity index (χ1v) is 13.8. The van der Waals surface area contributed by atoms with Gasteiger partial charge < -0.3 is 14.6 Å². The van der Waals surface area contributed by atoms with Crippen LogP contribution in [0.2, 0.25) is 0 Å². The number of nitrogens with one attached hydrogen (secondary N) is 1. The molecule has 0 spiro atoms. The second-order valence-corrected chi connectivity index (χ2v) is 11.1. The number of carbonyl (C=O) groups is 2. The summed E-state index contributed by atoms with van der Waals surface area (Å²) >= 11 is 4.57. The van der Waals surface area contributed by atoms with Gasteiger partial charge in [-0.3, -0.25) is 4.79 Å². The zero-order valence-corrected chi connectivity index (χ0v) is 21.7. The van der Waals surface area contributed by atoms with Crippen molar-refractivity contribution in [3.8, 4) is 11.4 Å². The molecule has 0 saturated carbocycles.